The fourth-order valence-corrected chi connectivity index (χ4v) is 3.97. The Kier molecular flexibility index (Phi) is 4.03. The normalized spacial score (nSPS) is 18.9. The molecule has 0 aliphatic heterocycles. The number of para-hydroxylation sites is 1. The minimum atomic E-state index is 0.0354. The van der Waals surface area contributed by atoms with Gasteiger partial charge in [-0.25, -0.2) is 4.98 Å². The molecule has 1 atom stereocenters. The highest BCUT2D eigenvalue weighted by molar-refractivity contribution is 7.18. The molecular weight excluding hydrogens is 270 g/mol. The SMILES string of the molecule is COC1(CC(Cc2nc3ccccc3s2)NN)CCC1. The summed E-state index contributed by atoms with van der Waals surface area (Å²) in [4.78, 5) is 4.68. The van der Waals surface area contributed by atoms with Crippen molar-refractivity contribution in [2.45, 2.75) is 43.7 Å². The molecular formula is C15H21N3OS. The van der Waals surface area contributed by atoms with Crippen LogP contribution in [0.1, 0.15) is 30.7 Å². The van der Waals surface area contributed by atoms with Crippen LogP contribution in [0.25, 0.3) is 10.2 Å². The summed E-state index contributed by atoms with van der Waals surface area (Å²) in [5, 5.41) is 1.14. The van der Waals surface area contributed by atoms with E-state index in [0.29, 0.717) is 0 Å². The molecule has 1 heterocycles. The van der Waals surface area contributed by atoms with Gasteiger partial charge >= 0.3 is 0 Å². The lowest BCUT2D eigenvalue weighted by Gasteiger charge is -2.42. The Balaban J connectivity index is 1.70. The van der Waals surface area contributed by atoms with Crippen molar-refractivity contribution in [1.29, 1.82) is 0 Å². The van der Waals surface area contributed by atoms with Gasteiger partial charge in [-0.1, -0.05) is 12.1 Å². The Morgan fingerprint density at radius 1 is 1.45 bits per heavy atom. The smallest absolute Gasteiger partial charge is 0.0954 e. The average Bonchev–Trinajstić information content (AvgIpc) is 2.83. The number of nitrogens with two attached hydrogens (primary N) is 1. The van der Waals surface area contributed by atoms with Crippen LogP contribution in [0.4, 0.5) is 0 Å². The van der Waals surface area contributed by atoms with E-state index in [2.05, 4.69) is 28.6 Å². The maximum absolute atomic E-state index is 5.73. The van der Waals surface area contributed by atoms with Gasteiger partial charge in [-0.2, -0.15) is 0 Å². The number of nitrogens with one attached hydrogen (secondary N) is 1. The van der Waals surface area contributed by atoms with Crippen molar-refractivity contribution in [1.82, 2.24) is 10.4 Å². The number of hydrazine groups is 1. The number of aromatic nitrogens is 1. The summed E-state index contributed by atoms with van der Waals surface area (Å²) in [6.07, 6.45) is 5.35. The van der Waals surface area contributed by atoms with Gasteiger partial charge in [-0.3, -0.25) is 11.3 Å². The van der Waals surface area contributed by atoms with Gasteiger partial charge in [0.15, 0.2) is 0 Å². The maximum Gasteiger partial charge on any atom is 0.0954 e. The third kappa shape index (κ3) is 2.72. The molecule has 0 spiro atoms. The van der Waals surface area contributed by atoms with Gasteiger partial charge in [0.1, 0.15) is 0 Å². The van der Waals surface area contributed by atoms with E-state index in [9.17, 15) is 0 Å². The van der Waals surface area contributed by atoms with Crippen LogP contribution in [-0.2, 0) is 11.2 Å². The lowest BCUT2D eigenvalue weighted by atomic mass is 9.75. The van der Waals surface area contributed by atoms with Crippen LogP contribution >= 0.6 is 11.3 Å². The molecule has 0 saturated heterocycles. The second-order valence-corrected chi connectivity index (χ2v) is 6.70. The Labute approximate surface area is 123 Å². The van der Waals surface area contributed by atoms with Crippen LogP contribution in [-0.4, -0.2) is 23.7 Å². The molecule has 3 N–H and O–H groups in total. The minimum Gasteiger partial charge on any atom is -0.378 e. The number of benzene rings is 1. The molecule has 1 unspecified atom stereocenters. The van der Waals surface area contributed by atoms with Crippen molar-refractivity contribution in [3.8, 4) is 0 Å². The highest BCUT2D eigenvalue weighted by atomic mass is 32.1. The molecule has 2 aromatic rings. The number of ether oxygens (including phenoxy) is 1. The summed E-state index contributed by atoms with van der Waals surface area (Å²) in [6.45, 7) is 0. The Morgan fingerprint density at radius 2 is 2.25 bits per heavy atom. The minimum absolute atomic E-state index is 0.0354. The van der Waals surface area contributed by atoms with Gasteiger partial charge in [0.25, 0.3) is 0 Å². The Hall–Kier alpha value is -1.01. The number of nitrogens with zero attached hydrogens (tertiary/aromatic N) is 1. The first-order chi connectivity index (χ1) is 9.74. The molecule has 5 heteroatoms. The molecule has 1 aliphatic rings. The first-order valence-corrected chi connectivity index (χ1v) is 7.92. The van der Waals surface area contributed by atoms with Gasteiger partial charge in [0.2, 0.25) is 0 Å². The van der Waals surface area contributed by atoms with Gasteiger partial charge in [0, 0.05) is 19.6 Å². The van der Waals surface area contributed by atoms with Gasteiger partial charge < -0.3 is 4.74 Å². The zero-order chi connectivity index (χ0) is 14.0. The summed E-state index contributed by atoms with van der Waals surface area (Å²) in [5.74, 6) is 5.73. The fraction of sp³-hybridized carbons (Fsp3) is 0.533. The molecule has 0 bridgehead atoms. The van der Waals surface area contributed by atoms with Crippen LogP contribution in [0, 0.1) is 0 Å². The molecule has 0 amide bonds. The monoisotopic (exact) mass is 291 g/mol. The van der Waals surface area contributed by atoms with Crippen LogP contribution in [0.5, 0.6) is 0 Å². The highest BCUT2D eigenvalue weighted by Crippen LogP contribution is 2.39. The Bertz CT molecular complexity index is 541. The molecule has 1 saturated carbocycles. The van der Waals surface area contributed by atoms with Crippen molar-refractivity contribution >= 4 is 21.6 Å². The maximum atomic E-state index is 5.73. The third-order valence-corrected chi connectivity index (χ3v) is 5.37. The molecule has 3 rings (SSSR count). The molecule has 0 radical (unpaired) electrons. The van der Waals surface area contributed by atoms with E-state index in [1.807, 2.05) is 13.2 Å². The molecule has 20 heavy (non-hydrogen) atoms. The lowest BCUT2D eigenvalue weighted by molar-refractivity contribution is -0.0834. The van der Waals surface area contributed by atoms with E-state index in [1.54, 1.807) is 11.3 Å². The van der Waals surface area contributed by atoms with E-state index < -0.39 is 0 Å². The summed E-state index contributed by atoms with van der Waals surface area (Å²) < 4.78 is 6.93. The van der Waals surface area contributed by atoms with Crippen LogP contribution in [0.3, 0.4) is 0 Å². The summed E-state index contributed by atoms with van der Waals surface area (Å²) in [6, 6.07) is 8.47. The third-order valence-electron chi connectivity index (χ3n) is 4.31. The number of thiazole rings is 1. The van der Waals surface area contributed by atoms with E-state index in [1.165, 1.54) is 11.1 Å². The molecule has 1 aliphatic carbocycles. The van der Waals surface area contributed by atoms with Crippen molar-refractivity contribution in [3.63, 3.8) is 0 Å². The number of hydrogen-bond acceptors (Lipinski definition) is 5. The molecule has 4 nitrogen and oxygen atoms in total. The summed E-state index contributed by atoms with van der Waals surface area (Å²) in [7, 11) is 1.81. The van der Waals surface area contributed by atoms with Gasteiger partial charge in [0.05, 0.1) is 20.8 Å². The van der Waals surface area contributed by atoms with Crippen molar-refractivity contribution in [3.05, 3.63) is 29.3 Å². The molecule has 1 aromatic carbocycles. The fourth-order valence-electron chi connectivity index (χ4n) is 2.92. The predicted molar refractivity (Wildman–Crippen MR) is 82.6 cm³/mol. The zero-order valence-electron chi connectivity index (χ0n) is 11.8. The largest absolute Gasteiger partial charge is 0.378 e. The average molecular weight is 291 g/mol. The predicted octanol–water partition coefficient (Wildman–Crippen LogP) is 2.63. The lowest BCUT2D eigenvalue weighted by Crippen LogP contribution is -2.48. The molecule has 1 fully saturated rings. The van der Waals surface area contributed by atoms with Crippen LogP contribution in [0.2, 0.25) is 0 Å². The van der Waals surface area contributed by atoms with Gasteiger partial charge in [-0.05, 0) is 37.8 Å². The number of hydrogen-bond donors (Lipinski definition) is 2. The second-order valence-electron chi connectivity index (χ2n) is 5.59. The quantitative estimate of drug-likeness (QED) is 0.634. The first kappa shape index (κ1) is 13.9. The highest BCUT2D eigenvalue weighted by Gasteiger charge is 2.39. The summed E-state index contributed by atoms with van der Waals surface area (Å²) >= 11 is 1.75. The standard InChI is InChI=1S/C15H21N3OS/c1-19-15(7-4-8-15)10-11(18-16)9-14-17-12-5-2-3-6-13(12)20-14/h2-3,5-6,11,18H,4,7-10,16H2,1H3. The van der Waals surface area contributed by atoms with Crippen molar-refractivity contribution in [2.24, 2.45) is 5.84 Å². The number of fused-ring (bicyclic) bond motifs is 1. The molecule has 108 valence electrons. The zero-order valence-corrected chi connectivity index (χ0v) is 12.6. The van der Waals surface area contributed by atoms with Gasteiger partial charge in [-0.15, -0.1) is 11.3 Å². The topological polar surface area (TPSA) is 60.2 Å². The number of methoxy groups -OCH3 is 1. The molecule has 1 aromatic heterocycles. The number of rotatable bonds is 6. The second kappa shape index (κ2) is 5.77. The van der Waals surface area contributed by atoms with E-state index >= 15 is 0 Å². The van der Waals surface area contributed by atoms with Crippen LogP contribution in [0.15, 0.2) is 24.3 Å². The van der Waals surface area contributed by atoms with Crippen molar-refractivity contribution in [2.75, 3.05) is 7.11 Å². The summed E-state index contributed by atoms with van der Waals surface area (Å²) in [5.41, 5.74) is 4.05. The Morgan fingerprint density at radius 3 is 2.85 bits per heavy atom. The first-order valence-electron chi connectivity index (χ1n) is 7.10. The van der Waals surface area contributed by atoms with Crippen molar-refractivity contribution < 1.29 is 4.74 Å². The van der Waals surface area contributed by atoms with E-state index in [0.717, 1.165) is 36.2 Å². The van der Waals surface area contributed by atoms with E-state index in [4.69, 9.17) is 10.6 Å². The van der Waals surface area contributed by atoms with Crippen LogP contribution < -0.4 is 11.3 Å². The van der Waals surface area contributed by atoms with E-state index in [-0.39, 0.29) is 11.6 Å².